The van der Waals surface area contributed by atoms with E-state index in [0.29, 0.717) is 19.3 Å². The van der Waals surface area contributed by atoms with Gasteiger partial charge in [-0.25, -0.2) is 0 Å². The molecule has 1 spiro atoms. The Balaban J connectivity index is 1.44. The van der Waals surface area contributed by atoms with Gasteiger partial charge < -0.3 is 45.2 Å². The molecule has 4 saturated carbocycles. The lowest BCUT2D eigenvalue weighted by Gasteiger charge is -2.47. The van der Waals surface area contributed by atoms with Crippen molar-refractivity contribution in [2.45, 2.75) is 113 Å². The van der Waals surface area contributed by atoms with Gasteiger partial charge in [-0.3, -0.25) is 0 Å². The second-order valence-corrected chi connectivity index (χ2v) is 12.9. The van der Waals surface area contributed by atoms with E-state index < -0.39 is 72.1 Å². The first-order chi connectivity index (χ1) is 16.2. The number of aliphatic hydroxyl groups is 7. The minimum absolute atomic E-state index is 0.0724. The molecule has 0 unspecified atom stereocenters. The van der Waals surface area contributed by atoms with E-state index in [9.17, 15) is 35.7 Å². The summed E-state index contributed by atoms with van der Waals surface area (Å²) in [5, 5.41) is 75.2. The van der Waals surface area contributed by atoms with Gasteiger partial charge in [0.1, 0.15) is 30.0 Å². The van der Waals surface area contributed by atoms with Gasteiger partial charge >= 0.3 is 0 Å². The number of rotatable bonds is 3. The van der Waals surface area contributed by atoms with Crippen LogP contribution in [0.1, 0.15) is 59.3 Å². The zero-order valence-electron chi connectivity index (χ0n) is 20.9. The fraction of sp³-hybridized carbons (Fsp3) is 0.923. The monoisotopic (exact) mass is 498 g/mol. The summed E-state index contributed by atoms with van der Waals surface area (Å²) in [6.07, 6.45) is -4.90. The Morgan fingerprint density at radius 2 is 1.66 bits per heavy atom. The summed E-state index contributed by atoms with van der Waals surface area (Å²) in [5.74, 6) is -0.210. The minimum Gasteiger partial charge on any atom is -0.394 e. The third-order valence-corrected chi connectivity index (χ3v) is 10.8. The number of hydrogen-bond acceptors (Lipinski definition) is 9. The zero-order chi connectivity index (χ0) is 25.7. The molecule has 0 aromatic carbocycles. The topological polar surface area (TPSA) is 160 Å². The molecule has 1 heterocycles. The molecule has 1 aliphatic heterocycles. The first kappa shape index (κ1) is 26.0. The highest BCUT2D eigenvalue weighted by molar-refractivity contribution is 5.30. The van der Waals surface area contributed by atoms with Crippen molar-refractivity contribution in [2.75, 3.05) is 6.61 Å². The normalized spacial score (nSPS) is 57.5. The summed E-state index contributed by atoms with van der Waals surface area (Å²) in [7, 11) is 0. The molecule has 200 valence electrons. The number of hydrogen-bond donors (Lipinski definition) is 7. The molecular weight excluding hydrogens is 456 g/mol. The Hall–Kier alpha value is -0.620. The van der Waals surface area contributed by atoms with Crippen LogP contribution in [0.15, 0.2) is 12.2 Å². The minimum atomic E-state index is -1.56. The Labute approximate surface area is 206 Å². The van der Waals surface area contributed by atoms with E-state index in [4.69, 9.17) is 9.47 Å². The molecule has 1 saturated heterocycles. The van der Waals surface area contributed by atoms with Crippen LogP contribution in [0.2, 0.25) is 0 Å². The lowest BCUT2D eigenvalue weighted by molar-refractivity contribution is -0.321. The molecule has 0 radical (unpaired) electrons. The Kier molecular flexibility index (Phi) is 6.08. The molecular formula is C26H42O9. The van der Waals surface area contributed by atoms with E-state index in [1.165, 1.54) is 0 Å². The maximum Gasteiger partial charge on any atom is 0.186 e. The SMILES string of the molecule is C=C1[C@H]2CC[C@@H]3C[C@@]2(C[C@@H](O)[C@@]2(O)[C@H]1C[C@H](O[C@H]1O[C@@H](CO)[C@@H](O)[C@@H](O)[C@H]1O)C2(C)C)C[C@]3(C)O. The van der Waals surface area contributed by atoms with Crippen molar-refractivity contribution in [1.82, 2.24) is 0 Å². The third-order valence-electron chi connectivity index (χ3n) is 10.8. The van der Waals surface area contributed by atoms with Crippen LogP contribution < -0.4 is 0 Å². The lowest BCUT2D eigenvalue weighted by Crippen LogP contribution is -2.61. The molecule has 5 fully saturated rings. The second kappa shape index (κ2) is 8.19. The van der Waals surface area contributed by atoms with Crippen LogP contribution in [-0.4, -0.2) is 96.5 Å². The molecule has 0 aromatic heterocycles. The van der Waals surface area contributed by atoms with E-state index in [1.807, 2.05) is 20.8 Å². The Bertz CT molecular complexity index is 858. The van der Waals surface area contributed by atoms with Crippen molar-refractivity contribution in [3.63, 3.8) is 0 Å². The highest BCUT2D eigenvalue weighted by Gasteiger charge is 2.70. The predicted octanol–water partition coefficient (Wildman–Crippen LogP) is -0.173. The average Bonchev–Trinajstić information content (AvgIpc) is 3.08. The van der Waals surface area contributed by atoms with E-state index in [0.717, 1.165) is 24.8 Å². The molecule has 7 N–H and O–H groups in total. The molecule has 13 atom stereocenters. The molecule has 9 nitrogen and oxygen atoms in total. The van der Waals surface area contributed by atoms with Gasteiger partial charge in [-0.1, -0.05) is 26.0 Å². The van der Waals surface area contributed by atoms with Crippen molar-refractivity contribution in [3.8, 4) is 0 Å². The Morgan fingerprint density at radius 3 is 2.31 bits per heavy atom. The summed E-state index contributed by atoms with van der Waals surface area (Å²) in [6, 6.07) is 0. The van der Waals surface area contributed by atoms with Gasteiger partial charge in [-0.15, -0.1) is 0 Å². The first-order valence-electron chi connectivity index (χ1n) is 13.0. The van der Waals surface area contributed by atoms with Gasteiger partial charge in [-0.2, -0.15) is 0 Å². The average molecular weight is 499 g/mol. The van der Waals surface area contributed by atoms with Crippen LogP contribution in [0.3, 0.4) is 0 Å². The Morgan fingerprint density at radius 1 is 0.971 bits per heavy atom. The fourth-order valence-electron chi connectivity index (χ4n) is 8.71. The van der Waals surface area contributed by atoms with E-state index in [2.05, 4.69) is 6.58 Å². The fourth-order valence-corrected chi connectivity index (χ4v) is 8.71. The summed E-state index contributed by atoms with van der Waals surface area (Å²) in [5.41, 5.74) is -2.75. The van der Waals surface area contributed by atoms with Gasteiger partial charge in [-0.05, 0) is 62.7 Å². The van der Waals surface area contributed by atoms with Crippen LogP contribution in [0, 0.1) is 28.6 Å². The molecule has 2 bridgehead atoms. The lowest BCUT2D eigenvalue weighted by atomic mass is 9.63. The molecule has 35 heavy (non-hydrogen) atoms. The van der Waals surface area contributed by atoms with Crippen molar-refractivity contribution >= 4 is 0 Å². The van der Waals surface area contributed by atoms with Crippen molar-refractivity contribution in [2.24, 2.45) is 28.6 Å². The zero-order valence-corrected chi connectivity index (χ0v) is 20.9. The second-order valence-electron chi connectivity index (χ2n) is 12.9. The maximum absolute atomic E-state index is 12.2. The van der Waals surface area contributed by atoms with Gasteiger partial charge in [0.2, 0.25) is 0 Å². The summed E-state index contributed by atoms with van der Waals surface area (Å²) in [6.45, 7) is 9.42. The first-order valence-corrected chi connectivity index (χ1v) is 13.0. The van der Waals surface area contributed by atoms with Crippen LogP contribution in [0.25, 0.3) is 0 Å². The highest BCUT2D eigenvalue weighted by atomic mass is 16.7. The standard InChI is InChI=1S/C26H42O9/c1-12-14-6-5-13-8-25(14,11-24(13,4)32)9-17(28)26(33)15(12)7-18(23(26,2)3)35-22-21(31)20(30)19(29)16(10-27)34-22/h13-22,27-33H,1,5-11H2,2-4H3/t13-,14-,15+,16+,17-,18+,19-,20-,21-,22-,24+,25-,26+/m1/s1. The summed E-state index contributed by atoms with van der Waals surface area (Å²) < 4.78 is 11.7. The number of aliphatic hydroxyl groups excluding tert-OH is 5. The van der Waals surface area contributed by atoms with Crippen LogP contribution in [0.4, 0.5) is 0 Å². The van der Waals surface area contributed by atoms with Crippen molar-refractivity contribution in [1.29, 1.82) is 0 Å². The van der Waals surface area contributed by atoms with Gasteiger partial charge in [0.05, 0.1) is 24.4 Å². The summed E-state index contributed by atoms with van der Waals surface area (Å²) in [4.78, 5) is 0. The largest absolute Gasteiger partial charge is 0.394 e. The van der Waals surface area contributed by atoms with E-state index in [1.54, 1.807) is 0 Å². The smallest absolute Gasteiger partial charge is 0.186 e. The molecule has 5 aliphatic rings. The number of ether oxygens (including phenoxy) is 2. The maximum atomic E-state index is 12.2. The predicted molar refractivity (Wildman–Crippen MR) is 124 cm³/mol. The van der Waals surface area contributed by atoms with E-state index >= 15 is 0 Å². The van der Waals surface area contributed by atoms with Crippen LogP contribution >= 0.6 is 0 Å². The van der Waals surface area contributed by atoms with E-state index in [-0.39, 0.29) is 17.3 Å². The molecule has 0 amide bonds. The van der Waals surface area contributed by atoms with Crippen LogP contribution in [0.5, 0.6) is 0 Å². The van der Waals surface area contributed by atoms with Crippen molar-refractivity contribution in [3.05, 3.63) is 12.2 Å². The van der Waals surface area contributed by atoms with Gasteiger partial charge in [0, 0.05) is 11.3 Å². The number of fused-ring (bicyclic) bond motifs is 2. The van der Waals surface area contributed by atoms with Crippen LogP contribution in [-0.2, 0) is 9.47 Å². The van der Waals surface area contributed by atoms with Crippen molar-refractivity contribution < 1.29 is 45.2 Å². The molecule has 4 aliphatic carbocycles. The van der Waals surface area contributed by atoms with Gasteiger partial charge in [0.15, 0.2) is 6.29 Å². The quantitative estimate of drug-likeness (QED) is 0.262. The molecule has 0 aromatic rings. The molecule has 9 heteroatoms. The highest BCUT2D eigenvalue weighted by Crippen LogP contribution is 2.69. The summed E-state index contributed by atoms with van der Waals surface area (Å²) >= 11 is 0. The molecule has 5 rings (SSSR count). The van der Waals surface area contributed by atoms with Gasteiger partial charge in [0.25, 0.3) is 0 Å². The third kappa shape index (κ3) is 3.47.